The second kappa shape index (κ2) is 32.8. The molecule has 19 heteroatoms. The highest BCUT2D eigenvalue weighted by molar-refractivity contribution is 6.28. The van der Waals surface area contributed by atoms with Crippen molar-refractivity contribution in [2.24, 2.45) is 44.8 Å². The lowest BCUT2D eigenvalue weighted by Crippen LogP contribution is -2.65. The molecule has 4 unspecified atom stereocenters. The second-order valence-corrected chi connectivity index (χ2v) is 31.9. The number of unbranched alkanes of at least 4 members (excludes halogenated alkanes) is 2. The number of hydrogen-bond donors (Lipinski definition) is 1. The lowest BCUT2D eigenvalue weighted by atomic mass is 9.82. The standard InChI is InChI=1S/C88H100F8N4O7/c1-14-18-24-57(16-3)50-99-76-40-34-61(75(97-104)42-54(5)48-83(8,9)10)44-69(76)73-47-74(66-27-21-23-29-68(66)81(73)99)82(103)60-32-38-64(39-33-60)106-53-86(91,92)88(95,96)87(93,94)85(89,90)52-105-63-36-30-59(31-37-63)79(98-107-56(7)101)71-46-72-70-45-62(78(102)43-55(6)49-84(11,12)13)35-41-77(70)100(51-58(17-4)25-19-15-2)80(72)67-28-22-20-26-65(67)71/h20-23,26-41,44-47,54-55,57-58,104H,14-19,24-25,42-43,48-53H2,1-13H3. The van der Waals surface area contributed by atoms with Crippen molar-refractivity contribution in [3.05, 3.63) is 179 Å². The van der Waals surface area contributed by atoms with Gasteiger partial charge < -0.3 is 28.7 Å². The molecule has 0 aliphatic carbocycles. The number of ether oxygens (including phenoxy) is 2. The van der Waals surface area contributed by atoms with Crippen LogP contribution in [0, 0.1) is 34.5 Å². The minimum atomic E-state index is -6.73. The van der Waals surface area contributed by atoms with Gasteiger partial charge in [0.15, 0.2) is 24.8 Å². The van der Waals surface area contributed by atoms with Gasteiger partial charge in [0, 0.05) is 103 Å². The van der Waals surface area contributed by atoms with Crippen LogP contribution >= 0.6 is 0 Å². The molecule has 2 aromatic heterocycles. The van der Waals surface area contributed by atoms with E-state index in [0.29, 0.717) is 70.9 Å². The van der Waals surface area contributed by atoms with Gasteiger partial charge in [-0.25, -0.2) is 4.79 Å². The van der Waals surface area contributed by atoms with Gasteiger partial charge in [0.2, 0.25) is 0 Å². The molecule has 0 bridgehead atoms. The topological polar surface area (TPSA) is 134 Å². The first-order chi connectivity index (χ1) is 50.6. The van der Waals surface area contributed by atoms with E-state index in [1.54, 1.807) is 12.1 Å². The Bertz CT molecular complexity index is 4930. The van der Waals surface area contributed by atoms with E-state index in [2.05, 4.69) is 103 Å². The van der Waals surface area contributed by atoms with Gasteiger partial charge in [-0.1, -0.05) is 187 Å². The van der Waals surface area contributed by atoms with Gasteiger partial charge in [-0.2, -0.15) is 35.1 Å². The van der Waals surface area contributed by atoms with Crippen LogP contribution in [0.5, 0.6) is 11.5 Å². The number of hydrogen-bond acceptors (Lipinski definition) is 9. The molecule has 0 saturated heterocycles. The fourth-order valence-electron chi connectivity index (χ4n) is 15.5. The van der Waals surface area contributed by atoms with Gasteiger partial charge in [-0.05, 0) is 168 Å². The number of benzene rings is 8. The maximum Gasteiger partial charge on any atom is 0.381 e. The first-order valence-corrected chi connectivity index (χ1v) is 37.5. The summed E-state index contributed by atoms with van der Waals surface area (Å²) in [6, 6.07) is 39.5. The molecule has 10 rings (SSSR count). The minimum Gasteiger partial charge on any atom is -0.487 e. The van der Waals surface area contributed by atoms with E-state index in [-0.39, 0.29) is 50.9 Å². The van der Waals surface area contributed by atoms with E-state index in [1.165, 1.54) is 24.3 Å². The molecule has 0 fully saturated rings. The van der Waals surface area contributed by atoms with Crippen LogP contribution in [0.1, 0.15) is 210 Å². The Morgan fingerprint density at radius 2 is 0.897 bits per heavy atom. The zero-order valence-electron chi connectivity index (χ0n) is 63.7. The number of rotatable bonds is 34. The van der Waals surface area contributed by atoms with Crippen molar-refractivity contribution < 1.29 is 69.0 Å². The lowest BCUT2D eigenvalue weighted by molar-refractivity contribution is -0.371. The molecule has 1 N–H and O–H groups in total. The van der Waals surface area contributed by atoms with Crippen molar-refractivity contribution in [1.29, 1.82) is 0 Å². The summed E-state index contributed by atoms with van der Waals surface area (Å²) in [6.45, 7) is 23.3. The molecule has 11 nitrogen and oxygen atoms in total. The highest BCUT2D eigenvalue weighted by Crippen LogP contribution is 2.53. The molecule has 2 heterocycles. The number of ketones is 2. The summed E-state index contributed by atoms with van der Waals surface area (Å²) in [6.07, 6.45) is 10.6. The highest BCUT2D eigenvalue weighted by atomic mass is 19.4. The summed E-state index contributed by atoms with van der Waals surface area (Å²) in [5, 5.41) is 24.4. The van der Waals surface area contributed by atoms with Gasteiger partial charge in [0.05, 0.1) is 16.7 Å². The molecule has 0 spiro atoms. The van der Waals surface area contributed by atoms with Crippen LogP contribution in [0.2, 0.25) is 0 Å². The molecule has 0 radical (unpaired) electrons. The fourth-order valence-corrected chi connectivity index (χ4v) is 15.5. The summed E-state index contributed by atoms with van der Waals surface area (Å²) >= 11 is 0. The Morgan fingerprint density at radius 1 is 0.486 bits per heavy atom. The average molecular weight is 1480 g/mol. The van der Waals surface area contributed by atoms with Gasteiger partial charge in [0.25, 0.3) is 0 Å². The molecule has 0 aliphatic rings. The number of nitrogens with zero attached hydrogens (tertiary/aromatic N) is 4. The van der Waals surface area contributed by atoms with Crippen LogP contribution in [0.3, 0.4) is 0 Å². The van der Waals surface area contributed by atoms with Crippen molar-refractivity contribution in [2.45, 2.75) is 204 Å². The Kier molecular flexibility index (Phi) is 24.6. The van der Waals surface area contributed by atoms with Crippen LogP contribution in [0.15, 0.2) is 156 Å². The fraction of sp³-hybridized carbons (Fsp3) is 0.443. The molecule has 8 aromatic carbocycles. The van der Waals surface area contributed by atoms with E-state index >= 15 is 35.1 Å². The van der Waals surface area contributed by atoms with Gasteiger partial charge >= 0.3 is 29.7 Å². The van der Waals surface area contributed by atoms with Gasteiger partial charge in [-0.15, -0.1) is 0 Å². The predicted molar refractivity (Wildman–Crippen MR) is 413 cm³/mol. The highest BCUT2D eigenvalue weighted by Gasteiger charge is 2.81. The van der Waals surface area contributed by atoms with Crippen molar-refractivity contribution in [2.75, 3.05) is 13.2 Å². The lowest BCUT2D eigenvalue weighted by Gasteiger charge is -2.36. The quantitative estimate of drug-likeness (QED) is 0.0106. The second-order valence-electron chi connectivity index (χ2n) is 31.9. The third-order valence-corrected chi connectivity index (χ3v) is 20.6. The van der Waals surface area contributed by atoms with Crippen LogP contribution in [-0.4, -0.2) is 80.2 Å². The van der Waals surface area contributed by atoms with Crippen LogP contribution in [0.4, 0.5) is 35.1 Å². The van der Waals surface area contributed by atoms with E-state index in [4.69, 9.17) is 14.3 Å². The number of halogens is 8. The smallest absolute Gasteiger partial charge is 0.381 e. The van der Waals surface area contributed by atoms with E-state index in [9.17, 15) is 19.6 Å². The normalized spacial score (nSPS) is 14.4. The SMILES string of the molecule is CCCCC(CC)Cn1c2ccc(C(CC(C)CC(C)(C)C)=NO)cc2c2cc(C(=O)c3ccc(OCC(F)(F)C(F)(F)C(F)(F)C(F)(F)COc4ccc(C(=NOC(C)=O)c5cc6c7cc(C(=O)CC(C)CC(C)(C)C)ccc7n(CC(CC)CCCC)c6c6ccccc56)cc4)cc3)c3ccccc3c21. The maximum atomic E-state index is 15.7. The Morgan fingerprint density at radius 3 is 1.34 bits per heavy atom. The zero-order valence-corrected chi connectivity index (χ0v) is 63.7. The summed E-state index contributed by atoms with van der Waals surface area (Å²) < 4.78 is 140. The molecule has 0 saturated carbocycles. The third-order valence-electron chi connectivity index (χ3n) is 20.6. The summed E-state index contributed by atoms with van der Waals surface area (Å²) in [7, 11) is 0. The molecule has 570 valence electrons. The number of oxime groups is 2. The number of carbonyl (C=O) groups is 3. The van der Waals surface area contributed by atoms with Crippen LogP contribution < -0.4 is 9.47 Å². The van der Waals surface area contributed by atoms with E-state index < -0.39 is 60.2 Å². The van der Waals surface area contributed by atoms with Crippen molar-refractivity contribution in [3.63, 3.8) is 0 Å². The third kappa shape index (κ3) is 17.6. The molecular weight excluding hydrogens is 1380 g/mol. The summed E-state index contributed by atoms with van der Waals surface area (Å²) in [4.78, 5) is 46.7. The van der Waals surface area contributed by atoms with Gasteiger partial charge in [-0.3, -0.25) is 9.59 Å². The maximum absolute atomic E-state index is 15.7. The molecule has 10 aromatic rings. The number of aromatic nitrogens is 2. The van der Waals surface area contributed by atoms with E-state index in [1.807, 2.05) is 84.9 Å². The Labute approximate surface area is 621 Å². The van der Waals surface area contributed by atoms with Crippen molar-refractivity contribution in [1.82, 2.24) is 9.13 Å². The predicted octanol–water partition coefficient (Wildman–Crippen LogP) is 24.5. The largest absolute Gasteiger partial charge is 0.487 e. The molecule has 107 heavy (non-hydrogen) atoms. The van der Waals surface area contributed by atoms with E-state index in [0.717, 1.165) is 150 Å². The number of carbonyl (C=O) groups excluding carboxylic acids is 3. The van der Waals surface area contributed by atoms with Crippen LogP contribution in [-0.2, 0) is 22.7 Å². The average Bonchev–Trinajstić information content (AvgIpc) is 1.64. The van der Waals surface area contributed by atoms with Crippen LogP contribution in [0.25, 0.3) is 65.2 Å². The first kappa shape index (κ1) is 80.4. The number of alkyl halides is 8. The summed E-state index contributed by atoms with van der Waals surface area (Å²) in [5.74, 6) is -26.8. The molecule has 4 atom stereocenters. The monoisotopic (exact) mass is 1480 g/mol. The minimum absolute atomic E-state index is 0.00982. The molecule has 0 aliphatic heterocycles. The first-order valence-electron chi connectivity index (χ1n) is 37.5. The zero-order chi connectivity index (χ0) is 77.7. The Balaban J connectivity index is 0.885. The molecule has 0 amide bonds. The Hall–Kier alpha value is -9.13. The van der Waals surface area contributed by atoms with Crippen molar-refractivity contribution >= 4 is 94.1 Å². The number of fused-ring (bicyclic) bond motifs is 10. The van der Waals surface area contributed by atoms with Gasteiger partial charge in [0.1, 0.15) is 17.2 Å². The summed E-state index contributed by atoms with van der Waals surface area (Å²) in [5.41, 5.74) is 6.40. The molecular formula is C88H100F8N4O7. The number of Topliss-reactive ketones (excluding diaryl/α,β-unsaturated/α-hetero) is 1. The van der Waals surface area contributed by atoms with Crippen molar-refractivity contribution in [3.8, 4) is 11.5 Å².